The number of amides is 1. The maximum atomic E-state index is 12.3. The number of anilines is 1. The summed E-state index contributed by atoms with van der Waals surface area (Å²) in [5.41, 5.74) is 5.32. The summed E-state index contributed by atoms with van der Waals surface area (Å²) < 4.78 is 5.30. The van der Waals surface area contributed by atoms with Crippen molar-refractivity contribution in [3.05, 3.63) is 18.6 Å². The van der Waals surface area contributed by atoms with E-state index in [0.29, 0.717) is 51.5 Å². The normalized spacial score (nSPS) is 15.9. The highest BCUT2D eigenvalue weighted by atomic mass is 35.5. The van der Waals surface area contributed by atoms with Crippen LogP contribution in [0.25, 0.3) is 0 Å². The van der Waals surface area contributed by atoms with Crippen LogP contribution >= 0.6 is 24.8 Å². The Morgan fingerprint density at radius 1 is 1.27 bits per heavy atom. The second-order valence-corrected chi connectivity index (χ2v) is 4.87. The number of hydrogen-bond donors (Lipinski definition) is 3. The topological polar surface area (TPSA) is 102 Å². The van der Waals surface area contributed by atoms with Crippen molar-refractivity contribution in [1.29, 1.82) is 0 Å². The molecule has 1 aliphatic rings. The summed E-state index contributed by atoms with van der Waals surface area (Å²) >= 11 is 0. The maximum absolute atomic E-state index is 12.3. The minimum absolute atomic E-state index is 0. The van der Waals surface area contributed by atoms with Crippen molar-refractivity contribution in [2.24, 2.45) is 11.1 Å². The molecule has 0 aliphatic carbocycles. The molecule has 0 saturated carbocycles. The van der Waals surface area contributed by atoms with Crippen LogP contribution in [0.5, 0.6) is 0 Å². The third kappa shape index (κ3) is 5.57. The number of ether oxygens (including phenoxy) is 1. The summed E-state index contributed by atoms with van der Waals surface area (Å²) in [4.78, 5) is 20.3. The van der Waals surface area contributed by atoms with Crippen LogP contribution in [0.15, 0.2) is 18.6 Å². The second kappa shape index (κ2) is 10.6. The number of rotatable bonds is 6. The Hall–Kier alpha value is -1.15. The fourth-order valence-electron chi connectivity index (χ4n) is 2.23. The molecule has 0 unspecified atom stereocenters. The predicted octanol–water partition coefficient (Wildman–Crippen LogP) is 0.604. The third-order valence-electron chi connectivity index (χ3n) is 3.60. The van der Waals surface area contributed by atoms with Crippen molar-refractivity contribution in [2.45, 2.75) is 12.8 Å². The minimum Gasteiger partial charge on any atom is -0.381 e. The molecule has 1 fully saturated rings. The average molecular weight is 352 g/mol. The van der Waals surface area contributed by atoms with Gasteiger partial charge in [0.25, 0.3) is 0 Å². The molecule has 22 heavy (non-hydrogen) atoms. The molecule has 0 aromatic carbocycles. The minimum atomic E-state index is -0.467. The first kappa shape index (κ1) is 20.9. The highest BCUT2D eigenvalue weighted by molar-refractivity contribution is 5.85. The number of hydrogen-bond acceptors (Lipinski definition) is 6. The fourth-order valence-corrected chi connectivity index (χ4v) is 2.23. The first-order chi connectivity index (χ1) is 9.77. The molecule has 1 aliphatic heterocycles. The van der Waals surface area contributed by atoms with Gasteiger partial charge < -0.3 is 21.1 Å². The SMILES string of the molecule is Cl.Cl.NCC1(C(=O)NCCNc2cnccn2)CCOCC1. The van der Waals surface area contributed by atoms with Crippen molar-refractivity contribution in [2.75, 3.05) is 38.2 Å². The monoisotopic (exact) mass is 351 g/mol. The van der Waals surface area contributed by atoms with Gasteiger partial charge in [-0.15, -0.1) is 24.8 Å². The van der Waals surface area contributed by atoms with Crippen molar-refractivity contribution >= 4 is 36.5 Å². The molecule has 2 heterocycles. The van der Waals surface area contributed by atoms with Crippen LogP contribution < -0.4 is 16.4 Å². The van der Waals surface area contributed by atoms with Gasteiger partial charge in [0, 0.05) is 45.2 Å². The molecule has 1 saturated heterocycles. The van der Waals surface area contributed by atoms with Crippen LogP contribution in [0.3, 0.4) is 0 Å². The average Bonchev–Trinajstić information content (AvgIpc) is 2.53. The lowest BCUT2D eigenvalue weighted by atomic mass is 9.79. The Balaban J connectivity index is 0.00000220. The Morgan fingerprint density at radius 3 is 2.59 bits per heavy atom. The first-order valence-electron chi connectivity index (χ1n) is 6.83. The molecule has 0 spiro atoms. The summed E-state index contributed by atoms with van der Waals surface area (Å²) in [7, 11) is 0. The van der Waals surface area contributed by atoms with Crippen molar-refractivity contribution in [1.82, 2.24) is 15.3 Å². The summed E-state index contributed by atoms with van der Waals surface area (Å²) in [5, 5.41) is 6.02. The van der Waals surface area contributed by atoms with Gasteiger partial charge in [0.05, 0.1) is 11.6 Å². The van der Waals surface area contributed by atoms with Gasteiger partial charge in [-0.2, -0.15) is 0 Å². The molecule has 0 bridgehead atoms. The van der Waals surface area contributed by atoms with E-state index in [2.05, 4.69) is 20.6 Å². The van der Waals surface area contributed by atoms with Crippen LogP contribution in [-0.2, 0) is 9.53 Å². The summed E-state index contributed by atoms with van der Waals surface area (Å²) in [6, 6.07) is 0. The highest BCUT2D eigenvalue weighted by Crippen LogP contribution is 2.29. The van der Waals surface area contributed by atoms with Crippen molar-refractivity contribution < 1.29 is 9.53 Å². The highest BCUT2D eigenvalue weighted by Gasteiger charge is 2.38. The van der Waals surface area contributed by atoms with Gasteiger partial charge >= 0.3 is 0 Å². The van der Waals surface area contributed by atoms with Crippen LogP contribution in [0.2, 0.25) is 0 Å². The molecule has 9 heteroatoms. The summed E-state index contributed by atoms with van der Waals surface area (Å²) in [6.07, 6.45) is 6.25. The van der Waals surface area contributed by atoms with Gasteiger partial charge in [-0.3, -0.25) is 9.78 Å². The van der Waals surface area contributed by atoms with Gasteiger partial charge in [0.15, 0.2) is 0 Å². The molecule has 7 nitrogen and oxygen atoms in total. The predicted molar refractivity (Wildman–Crippen MR) is 89.6 cm³/mol. The zero-order chi connectivity index (χ0) is 14.3. The van der Waals surface area contributed by atoms with E-state index in [-0.39, 0.29) is 30.7 Å². The maximum Gasteiger partial charge on any atom is 0.227 e. The number of nitrogens with two attached hydrogens (primary N) is 1. The second-order valence-electron chi connectivity index (χ2n) is 4.87. The number of nitrogens with zero attached hydrogens (tertiary/aromatic N) is 2. The lowest BCUT2D eigenvalue weighted by molar-refractivity contribution is -0.135. The molecule has 1 aromatic rings. The van der Waals surface area contributed by atoms with Crippen molar-refractivity contribution in [3.63, 3.8) is 0 Å². The quantitative estimate of drug-likeness (QED) is 0.648. The number of aromatic nitrogens is 2. The molecule has 0 radical (unpaired) electrons. The number of halogens is 2. The molecule has 1 amide bonds. The zero-order valence-corrected chi connectivity index (χ0v) is 13.9. The zero-order valence-electron chi connectivity index (χ0n) is 12.3. The van der Waals surface area contributed by atoms with Crippen LogP contribution in [0.1, 0.15) is 12.8 Å². The van der Waals surface area contributed by atoms with E-state index in [0.717, 1.165) is 0 Å². The van der Waals surface area contributed by atoms with E-state index in [1.165, 1.54) is 0 Å². The Labute approximate surface area is 142 Å². The lowest BCUT2D eigenvalue weighted by Crippen LogP contribution is -2.50. The van der Waals surface area contributed by atoms with Crippen LogP contribution in [0, 0.1) is 5.41 Å². The molecule has 2 rings (SSSR count). The Morgan fingerprint density at radius 2 is 2.00 bits per heavy atom. The first-order valence-corrected chi connectivity index (χ1v) is 6.83. The van der Waals surface area contributed by atoms with E-state index >= 15 is 0 Å². The van der Waals surface area contributed by atoms with E-state index in [1.807, 2.05) is 0 Å². The lowest BCUT2D eigenvalue weighted by Gasteiger charge is -2.34. The Bertz CT molecular complexity index is 430. The molecule has 1 aromatic heterocycles. The van der Waals surface area contributed by atoms with Gasteiger partial charge in [-0.1, -0.05) is 0 Å². The number of nitrogens with one attached hydrogen (secondary N) is 2. The number of carbonyl (C=O) groups excluding carboxylic acids is 1. The molecule has 126 valence electrons. The standard InChI is InChI=1S/C13H21N5O2.2ClH/c14-10-13(1-7-20-8-2-13)12(19)18-6-5-17-11-9-15-3-4-16-11;;/h3-4,9H,1-2,5-8,10,14H2,(H,16,17)(H,18,19);2*1H. The Kier molecular flexibility index (Phi) is 10.0. The van der Waals surface area contributed by atoms with E-state index in [1.54, 1.807) is 18.6 Å². The van der Waals surface area contributed by atoms with Crippen LogP contribution in [-0.4, -0.2) is 48.7 Å². The van der Waals surface area contributed by atoms with Gasteiger partial charge in [-0.05, 0) is 12.8 Å². The molecular formula is C13H23Cl2N5O2. The van der Waals surface area contributed by atoms with Gasteiger partial charge in [-0.25, -0.2) is 4.98 Å². The largest absolute Gasteiger partial charge is 0.381 e. The van der Waals surface area contributed by atoms with Gasteiger partial charge in [0.1, 0.15) is 5.82 Å². The fraction of sp³-hybridized carbons (Fsp3) is 0.615. The smallest absolute Gasteiger partial charge is 0.227 e. The molecule has 0 atom stereocenters. The van der Waals surface area contributed by atoms with E-state index in [4.69, 9.17) is 10.5 Å². The molecule has 4 N–H and O–H groups in total. The van der Waals surface area contributed by atoms with Crippen LogP contribution in [0.4, 0.5) is 5.82 Å². The molecular weight excluding hydrogens is 329 g/mol. The van der Waals surface area contributed by atoms with Gasteiger partial charge in [0.2, 0.25) is 5.91 Å². The summed E-state index contributed by atoms with van der Waals surface area (Å²) in [6.45, 7) is 2.68. The summed E-state index contributed by atoms with van der Waals surface area (Å²) in [5.74, 6) is 0.714. The van der Waals surface area contributed by atoms with Crippen molar-refractivity contribution in [3.8, 4) is 0 Å². The van der Waals surface area contributed by atoms with E-state index < -0.39 is 5.41 Å². The third-order valence-corrected chi connectivity index (χ3v) is 3.60. The number of carbonyl (C=O) groups is 1. The van der Waals surface area contributed by atoms with E-state index in [9.17, 15) is 4.79 Å².